The minimum atomic E-state index is 0.773. The summed E-state index contributed by atoms with van der Waals surface area (Å²) in [7, 11) is 1.88. The van der Waals surface area contributed by atoms with Gasteiger partial charge in [0.2, 0.25) is 0 Å². The van der Waals surface area contributed by atoms with Gasteiger partial charge in [0.1, 0.15) is 0 Å². The number of hydrogen-bond acceptors (Lipinski definition) is 5. The van der Waals surface area contributed by atoms with E-state index in [1.54, 1.807) is 0 Å². The van der Waals surface area contributed by atoms with E-state index in [1.165, 1.54) is 38.8 Å². The first kappa shape index (κ1) is 20.9. The van der Waals surface area contributed by atoms with E-state index < -0.39 is 0 Å². The monoisotopic (exact) mass is 369 g/mol. The molecule has 1 saturated heterocycles. The summed E-state index contributed by atoms with van der Waals surface area (Å²) < 4.78 is 0. The standard InChI is InChI=1S/C15H25N3.C7H10N2/c1-13-5-2-3-11-18(13)12-4-10-17-15-8-6-14(16)7-9-15;1-9-7-4-2-6(8)3-5-7/h6-9,13,17H,2-5,10-12,16H2,1H3;2-5,9H,8H2,1H3. The number of piperidine rings is 1. The highest BCUT2D eigenvalue weighted by Gasteiger charge is 2.16. The Morgan fingerprint density at radius 2 is 1.52 bits per heavy atom. The summed E-state index contributed by atoms with van der Waals surface area (Å²) in [6.07, 6.45) is 5.34. The molecule has 1 aliphatic rings. The lowest BCUT2D eigenvalue weighted by Gasteiger charge is -2.33. The molecular weight excluding hydrogens is 334 g/mol. The number of benzene rings is 2. The topological polar surface area (TPSA) is 79.3 Å². The van der Waals surface area contributed by atoms with Crippen molar-refractivity contribution in [1.29, 1.82) is 0 Å². The Hall–Kier alpha value is -2.40. The maximum Gasteiger partial charge on any atom is 0.0341 e. The average molecular weight is 370 g/mol. The predicted octanol–water partition coefficient (Wildman–Crippen LogP) is 4.26. The fourth-order valence-electron chi connectivity index (χ4n) is 3.26. The maximum atomic E-state index is 5.66. The molecule has 1 unspecified atom stereocenters. The van der Waals surface area contributed by atoms with Crippen LogP contribution in [0.15, 0.2) is 48.5 Å². The number of likely N-dealkylation sites (tertiary alicyclic amines) is 1. The van der Waals surface area contributed by atoms with E-state index in [9.17, 15) is 0 Å². The van der Waals surface area contributed by atoms with Crippen LogP contribution in [0.25, 0.3) is 0 Å². The lowest BCUT2D eigenvalue weighted by molar-refractivity contribution is 0.160. The molecule has 2 aromatic carbocycles. The minimum absolute atomic E-state index is 0.773. The molecule has 6 N–H and O–H groups in total. The lowest BCUT2D eigenvalue weighted by Crippen LogP contribution is -2.38. The van der Waals surface area contributed by atoms with Crippen LogP contribution in [0.5, 0.6) is 0 Å². The molecule has 0 radical (unpaired) electrons. The van der Waals surface area contributed by atoms with Gasteiger partial charge in [-0.2, -0.15) is 0 Å². The fraction of sp³-hybridized carbons (Fsp3) is 0.455. The Balaban J connectivity index is 0.000000244. The molecule has 0 spiro atoms. The van der Waals surface area contributed by atoms with Gasteiger partial charge in [0.25, 0.3) is 0 Å². The van der Waals surface area contributed by atoms with Gasteiger partial charge in [0.05, 0.1) is 0 Å². The van der Waals surface area contributed by atoms with E-state index in [2.05, 4.69) is 22.5 Å². The van der Waals surface area contributed by atoms with Crippen molar-refractivity contribution in [2.45, 2.75) is 38.6 Å². The second kappa shape index (κ2) is 11.3. The van der Waals surface area contributed by atoms with Gasteiger partial charge in [0.15, 0.2) is 0 Å². The Kier molecular flexibility index (Phi) is 8.78. The van der Waals surface area contributed by atoms with Crippen LogP contribution in [0.4, 0.5) is 22.7 Å². The lowest BCUT2D eigenvalue weighted by atomic mass is 10.0. The van der Waals surface area contributed by atoms with Gasteiger partial charge in [-0.15, -0.1) is 0 Å². The summed E-state index contributed by atoms with van der Waals surface area (Å²) in [5, 5.41) is 6.44. The van der Waals surface area contributed by atoms with Gasteiger partial charge in [-0.25, -0.2) is 0 Å². The molecule has 5 nitrogen and oxygen atoms in total. The van der Waals surface area contributed by atoms with Crippen molar-refractivity contribution >= 4 is 22.7 Å². The maximum absolute atomic E-state index is 5.66. The molecule has 5 heteroatoms. The number of hydrogen-bond donors (Lipinski definition) is 4. The van der Waals surface area contributed by atoms with Crippen molar-refractivity contribution in [2.75, 3.05) is 48.8 Å². The van der Waals surface area contributed by atoms with Crippen LogP contribution >= 0.6 is 0 Å². The second-order valence-corrected chi connectivity index (χ2v) is 7.16. The van der Waals surface area contributed by atoms with Gasteiger partial charge in [-0.1, -0.05) is 6.42 Å². The molecular formula is C22H35N5. The van der Waals surface area contributed by atoms with Gasteiger partial charge >= 0.3 is 0 Å². The van der Waals surface area contributed by atoms with Crippen LogP contribution in [-0.2, 0) is 0 Å². The molecule has 1 heterocycles. The molecule has 1 fully saturated rings. The van der Waals surface area contributed by atoms with Crippen molar-refractivity contribution in [3.8, 4) is 0 Å². The smallest absolute Gasteiger partial charge is 0.0341 e. The summed E-state index contributed by atoms with van der Waals surface area (Å²) in [5.74, 6) is 0. The van der Waals surface area contributed by atoms with Crippen LogP contribution in [-0.4, -0.2) is 37.6 Å². The van der Waals surface area contributed by atoms with E-state index in [1.807, 2.05) is 55.6 Å². The zero-order valence-electron chi connectivity index (χ0n) is 16.7. The Labute approximate surface area is 164 Å². The number of nitrogens with zero attached hydrogens (tertiary/aromatic N) is 1. The summed E-state index contributed by atoms with van der Waals surface area (Å²) in [6.45, 7) is 5.88. The number of nitrogen functional groups attached to an aromatic ring is 2. The molecule has 2 aromatic rings. The van der Waals surface area contributed by atoms with Gasteiger partial charge in [-0.05, 0) is 81.3 Å². The summed E-state index contributed by atoms with van der Waals surface area (Å²) in [6, 6.07) is 16.3. The zero-order valence-corrected chi connectivity index (χ0v) is 16.7. The molecule has 0 aliphatic carbocycles. The first-order valence-corrected chi connectivity index (χ1v) is 9.95. The molecule has 1 atom stereocenters. The Morgan fingerprint density at radius 3 is 2.07 bits per heavy atom. The molecule has 148 valence electrons. The highest BCUT2D eigenvalue weighted by Crippen LogP contribution is 2.16. The number of nitrogens with one attached hydrogen (secondary N) is 2. The van der Waals surface area contributed by atoms with Crippen molar-refractivity contribution in [1.82, 2.24) is 4.90 Å². The SMILES string of the molecule is CC1CCCCN1CCCNc1ccc(N)cc1.CNc1ccc(N)cc1. The molecule has 1 aliphatic heterocycles. The van der Waals surface area contributed by atoms with Crippen LogP contribution in [0.1, 0.15) is 32.6 Å². The molecule has 0 amide bonds. The quantitative estimate of drug-likeness (QED) is 0.452. The van der Waals surface area contributed by atoms with Crippen LogP contribution in [0.3, 0.4) is 0 Å². The van der Waals surface area contributed by atoms with E-state index in [4.69, 9.17) is 11.5 Å². The first-order valence-electron chi connectivity index (χ1n) is 9.95. The third-order valence-corrected chi connectivity index (χ3v) is 5.00. The zero-order chi connectivity index (χ0) is 19.5. The highest BCUT2D eigenvalue weighted by atomic mass is 15.2. The third kappa shape index (κ3) is 7.79. The summed E-state index contributed by atoms with van der Waals surface area (Å²) in [4.78, 5) is 2.62. The highest BCUT2D eigenvalue weighted by molar-refractivity contribution is 5.51. The van der Waals surface area contributed by atoms with Crippen LogP contribution in [0.2, 0.25) is 0 Å². The summed E-state index contributed by atoms with van der Waals surface area (Å²) in [5.41, 5.74) is 15.0. The molecule has 27 heavy (non-hydrogen) atoms. The van der Waals surface area contributed by atoms with Crippen molar-refractivity contribution in [3.63, 3.8) is 0 Å². The molecule has 3 rings (SSSR count). The Morgan fingerprint density at radius 1 is 0.926 bits per heavy atom. The normalized spacial score (nSPS) is 16.9. The first-order chi connectivity index (χ1) is 13.1. The number of rotatable bonds is 6. The fourth-order valence-corrected chi connectivity index (χ4v) is 3.26. The average Bonchev–Trinajstić information content (AvgIpc) is 2.69. The molecule has 0 saturated carbocycles. The van der Waals surface area contributed by atoms with Crippen LogP contribution < -0.4 is 22.1 Å². The number of anilines is 4. The second-order valence-electron chi connectivity index (χ2n) is 7.16. The predicted molar refractivity (Wildman–Crippen MR) is 119 cm³/mol. The van der Waals surface area contributed by atoms with E-state index in [0.717, 1.165) is 35.3 Å². The molecule has 0 bridgehead atoms. The van der Waals surface area contributed by atoms with E-state index in [-0.39, 0.29) is 0 Å². The van der Waals surface area contributed by atoms with Crippen molar-refractivity contribution < 1.29 is 0 Å². The minimum Gasteiger partial charge on any atom is -0.399 e. The third-order valence-electron chi connectivity index (χ3n) is 5.00. The van der Waals surface area contributed by atoms with Gasteiger partial charge < -0.3 is 27.0 Å². The Bertz CT molecular complexity index is 639. The van der Waals surface area contributed by atoms with E-state index in [0.29, 0.717) is 0 Å². The largest absolute Gasteiger partial charge is 0.399 e. The van der Waals surface area contributed by atoms with Crippen LogP contribution in [0, 0.1) is 0 Å². The van der Waals surface area contributed by atoms with Crippen molar-refractivity contribution in [3.05, 3.63) is 48.5 Å². The summed E-state index contributed by atoms with van der Waals surface area (Å²) >= 11 is 0. The molecule has 0 aromatic heterocycles. The van der Waals surface area contributed by atoms with Gasteiger partial charge in [0, 0.05) is 48.9 Å². The van der Waals surface area contributed by atoms with E-state index >= 15 is 0 Å². The number of nitrogens with two attached hydrogens (primary N) is 2. The van der Waals surface area contributed by atoms with Gasteiger partial charge in [-0.3, -0.25) is 0 Å². The van der Waals surface area contributed by atoms with Crippen molar-refractivity contribution in [2.24, 2.45) is 0 Å².